The Kier molecular flexibility index (Phi) is 9.43. The van der Waals surface area contributed by atoms with E-state index in [0.717, 1.165) is 17.9 Å². The molecule has 0 radical (unpaired) electrons. The van der Waals surface area contributed by atoms with Gasteiger partial charge in [-0.2, -0.15) is 11.8 Å². The van der Waals surface area contributed by atoms with Crippen LogP contribution in [0.2, 0.25) is 0 Å². The molecule has 0 aromatic heterocycles. The molecule has 0 aliphatic carbocycles. The molecule has 94 valence electrons. The topological polar surface area (TPSA) is 41.1 Å². The van der Waals surface area contributed by atoms with Gasteiger partial charge in [0.15, 0.2) is 0 Å². The normalized spacial score (nSPS) is 14.2. The molecule has 1 amide bonds. The molecule has 3 nitrogen and oxygen atoms in total. The lowest BCUT2D eigenvalue weighted by Crippen LogP contribution is -2.45. The van der Waals surface area contributed by atoms with E-state index < -0.39 is 0 Å². The molecule has 0 spiro atoms. The van der Waals surface area contributed by atoms with Gasteiger partial charge in [0.2, 0.25) is 5.91 Å². The predicted molar refractivity (Wildman–Crippen MR) is 72.9 cm³/mol. The van der Waals surface area contributed by atoms with Crippen LogP contribution in [0.4, 0.5) is 0 Å². The van der Waals surface area contributed by atoms with Crippen LogP contribution in [0.1, 0.15) is 27.2 Å². The van der Waals surface area contributed by atoms with Crippen LogP contribution in [0, 0.1) is 0 Å². The van der Waals surface area contributed by atoms with Crippen LogP contribution in [-0.4, -0.2) is 36.0 Å². The van der Waals surface area contributed by atoms with E-state index in [1.165, 1.54) is 0 Å². The van der Waals surface area contributed by atoms with Crippen LogP contribution in [0.5, 0.6) is 0 Å². The van der Waals surface area contributed by atoms with Crippen molar-refractivity contribution in [2.45, 2.75) is 39.3 Å². The standard InChI is InChI=1S/C12H24N2OS/c1-5-8-13-12(15)11(4)14-10(3)7-9-16-6-2/h5,10-11,14H,1,6-9H2,2-4H3,(H,13,15). The lowest BCUT2D eigenvalue weighted by Gasteiger charge is -2.19. The summed E-state index contributed by atoms with van der Waals surface area (Å²) in [4.78, 5) is 11.5. The fourth-order valence-corrected chi connectivity index (χ4v) is 2.12. The average molecular weight is 244 g/mol. The van der Waals surface area contributed by atoms with Gasteiger partial charge in [-0.15, -0.1) is 6.58 Å². The van der Waals surface area contributed by atoms with E-state index >= 15 is 0 Å². The lowest BCUT2D eigenvalue weighted by molar-refractivity contribution is -0.122. The van der Waals surface area contributed by atoms with E-state index in [9.17, 15) is 4.79 Å². The zero-order valence-corrected chi connectivity index (χ0v) is 11.4. The molecule has 2 N–H and O–H groups in total. The third-order valence-electron chi connectivity index (χ3n) is 2.25. The van der Waals surface area contributed by atoms with E-state index in [0.29, 0.717) is 12.6 Å². The number of thioether (sulfide) groups is 1. The zero-order valence-electron chi connectivity index (χ0n) is 10.6. The SMILES string of the molecule is C=CCNC(=O)C(C)NC(C)CCSCC. The van der Waals surface area contributed by atoms with Crippen molar-refractivity contribution in [1.82, 2.24) is 10.6 Å². The van der Waals surface area contributed by atoms with Gasteiger partial charge in [-0.1, -0.05) is 13.0 Å². The second-order valence-electron chi connectivity index (χ2n) is 3.81. The second-order valence-corrected chi connectivity index (χ2v) is 5.20. The third kappa shape index (κ3) is 7.77. The highest BCUT2D eigenvalue weighted by atomic mass is 32.2. The summed E-state index contributed by atoms with van der Waals surface area (Å²) in [5, 5.41) is 6.07. The molecule has 16 heavy (non-hydrogen) atoms. The first-order valence-corrected chi connectivity index (χ1v) is 6.99. The van der Waals surface area contributed by atoms with Gasteiger partial charge in [0, 0.05) is 12.6 Å². The summed E-state index contributed by atoms with van der Waals surface area (Å²) in [7, 11) is 0. The predicted octanol–water partition coefficient (Wildman–Crippen LogP) is 1.80. The third-order valence-corrected chi connectivity index (χ3v) is 3.18. The Morgan fingerprint density at radius 2 is 2.19 bits per heavy atom. The number of hydrogen-bond acceptors (Lipinski definition) is 3. The highest BCUT2D eigenvalue weighted by molar-refractivity contribution is 7.99. The number of amides is 1. The van der Waals surface area contributed by atoms with Crippen molar-refractivity contribution >= 4 is 17.7 Å². The van der Waals surface area contributed by atoms with Crippen LogP contribution in [0.25, 0.3) is 0 Å². The fraction of sp³-hybridized carbons (Fsp3) is 0.750. The Morgan fingerprint density at radius 3 is 2.75 bits per heavy atom. The Labute approximate surface area is 103 Å². The van der Waals surface area contributed by atoms with Crippen molar-refractivity contribution in [3.05, 3.63) is 12.7 Å². The largest absolute Gasteiger partial charge is 0.351 e. The zero-order chi connectivity index (χ0) is 12.4. The Morgan fingerprint density at radius 1 is 1.50 bits per heavy atom. The minimum Gasteiger partial charge on any atom is -0.351 e. The van der Waals surface area contributed by atoms with E-state index in [2.05, 4.69) is 31.1 Å². The molecule has 0 fully saturated rings. The van der Waals surface area contributed by atoms with Crippen LogP contribution < -0.4 is 10.6 Å². The summed E-state index contributed by atoms with van der Waals surface area (Å²) < 4.78 is 0. The van der Waals surface area contributed by atoms with Gasteiger partial charge < -0.3 is 10.6 Å². The van der Waals surface area contributed by atoms with Crippen molar-refractivity contribution in [3.63, 3.8) is 0 Å². The van der Waals surface area contributed by atoms with Crippen molar-refractivity contribution in [3.8, 4) is 0 Å². The highest BCUT2D eigenvalue weighted by Gasteiger charge is 2.13. The van der Waals surface area contributed by atoms with E-state index in [1.54, 1.807) is 6.08 Å². The van der Waals surface area contributed by atoms with Gasteiger partial charge in [-0.25, -0.2) is 0 Å². The molecular formula is C12H24N2OS. The van der Waals surface area contributed by atoms with Crippen LogP contribution in [-0.2, 0) is 4.79 Å². The number of rotatable bonds is 9. The molecule has 0 heterocycles. The maximum absolute atomic E-state index is 11.5. The lowest BCUT2D eigenvalue weighted by atomic mass is 10.2. The maximum atomic E-state index is 11.5. The summed E-state index contributed by atoms with van der Waals surface area (Å²) in [6.45, 7) is 10.3. The second kappa shape index (κ2) is 9.73. The summed E-state index contributed by atoms with van der Waals surface area (Å²) in [5.41, 5.74) is 0. The van der Waals surface area contributed by atoms with Crippen molar-refractivity contribution in [2.75, 3.05) is 18.1 Å². The van der Waals surface area contributed by atoms with Gasteiger partial charge in [0.05, 0.1) is 6.04 Å². The summed E-state index contributed by atoms with van der Waals surface area (Å²) in [6, 6.07) is 0.241. The van der Waals surface area contributed by atoms with Gasteiger partial charge in [-0.05, 0) is 31.8 Å². The summed E-state index contributed by atoms with van der Waals surface area (Å²) in [6.07, 6.45) is 2.78. The molecule has 0 bridgehead atoms. The minimum atomic E-state index is -0.137. The van der Waals surface area contributed by atoms with Gasteiger partial charge in [0.25, 0.3) is 0 Å². The molecule has 4 heteroatoms. The maximum Gasteiger partial charge on any atom is 0.237 e. The number of carbonyl (C=O) groups is 1. The molecule has 0 aliphatic heterocycles. The van der Waals surface area contributed by atoms with Crippen LogP contribution >= 0.6 is 11.8 Å². The Balaban J connectivity index is 3.71. The van der Waals surface area contributed by atoms with Crippen LogP contribution in [0.3, 0.4) is 0 Å². The number of hydrogen-bond donors (Lipinski definition) is 2. The highest BCUT2D eigenvalue weighted by Crippen LogP contribution is 2.04. The molecule has 0 aliphatic rings. The molecular weight excluding hydrogens is 220 g/mol. The molecule has 2 atom stereocenters. The fourth-order valence-electron chi connectivity index (χ4n) is 1.32. The quantitative estimate of drug-likeness (QED) is 0.480. The molecule has 0 aromatic carbocycles. The van der Waals surface area contributed by atoms with Crippen molar-refractivity contribution in [2.24, 2.45) is 0 Å². The first-order valence-electron chi connectivity index (χ1n) is 5.84. The van der Waals surface area contributed by atoms with Gasteiger partial charge in [-0.3, -0.25) is 4.79 Å². The average Bonchev–Trinajstić information content (AvgIpc) is 2.26. The minimum absolute atomic E-state index is 0.0369. The Bertz CT molecular complexity index is 209. The summed E-state index contributed by atoms with van der Waals surface area (Å²) >= 11 is 1.93. The monoisotopic (exact) mass is 244 g/mol. The first kappa shape index (κ1) is 15.5. The molecule has 2 unspecified atom stereocenters. The van der Waals surface area contributed by atoms with E-state index in [1.807, 2.05) is 18.7 Å². The summed E-state index contributed by atoms with van der Waals surface area (Å²) in [5.74, 6) is 2.34. The van der Waals surface area contributed by atoms with E-state index in [4.69, 9.17) is 0 Å². The smallest absolute Gasteiger partial charge is 0.237 e. The molecule has 0 rings (SSSR count). The van der Waals surface area contributed by atoms with Gasteiger partial charge in [0.1, 0.15) is 0 Å². The van der Waals surface area contributed by atoms with Crippen molar-refractivity contribution in [1.29, 1.82) is 0 Å². The molecule has 0 aromatic rings. The number of nitrogens with one attached hydrogen (secondary N) is 2. The number of carbonyl (C=O) groups excluding carboxylic acids is 1. The first-order chi connectivity index (χ1) is 7.61. The van der Waals surface area contributed by atoms with Gasteiger partial charge >= 0.3 is 0 Å². The van der Waals surface area contributed by atoms with Crippen molar-refractivity contribution < 1.29 is 4.79 Å². The van der Waals surface area contributed by atoms with Crippen LogP contribution in [0.15, 0.2) is 12.7 Å². The Hall–Kier alpha value is -0.480. The van der Waals surface area contributed by atoms with E-state index in [-0.39, 0.29) is 11.9 Å². The molecule has 0 saturated carbocycles. The molecule has 0 saturated heterocycles.